The Morgan fingerprint density at radius 2 is 2.19 bits per heavy atom. The standard InChI is InChI=1S/C23H23N7OS/c1-14-4-2-5-16-19(14)27-13-29(23-26-10-11-32-23)20(16)17-12-15(7-9-24-17)30-18-6-3-8-25-21(18)28-22(30)31/h2-6,8,10-11,13,15,17,19,24H,7,9,12H2,1H3,(H,25,28,31). The van der Waals surface area contributed by atoms with Crippen molar-refractivity contribution in [1.29, 1.82) is 0 Å². The molecule has 32 heavy (non-hydrogen) atoms. The first kappa shape index (κ1) is 19.4. The van der Waals surface area contributed by atoms with E-state index in [-0.39, 0.29) is 23.8 Å². The molecule has 162 valence electrons. The molecule has 3 unspecified atom stereocenters. The average molecular weight is 446 g/mol. The highest BCUT2D eigenvalue weighted by molar-refractivity contribution is 7.13. The lowest BCUT2D eigenvalue weighted by molar-refractivity contribution is 0.320. The molecule has 3 aliphatic rings. The van der Waals surface area contributed by atoms with Crippen LogP contribution in [-0.2, 0) is 0 Å². The molecule has 0 radical (unpaired) electrons. The predicted molar refractivity (Wildman–Crippen MR) is 127 cm³/mol. The first-order chi connectivity index (χ1) is 15.7. The summed E-state index contributed by atoms with van der Waals surface area (Å²) >= 11 is 1.59. The second-order valence-corrected chi connectivity index (χ2v) is 9.19. The van der Waals surface area contributed by atoms with Gasteiger partial charge in [0.2, 0.25) is 0 Å². The summed E-state index contributed by atoms with van der Waals surface area (Å²) in [5, 5.41) is 6.59. The molecule has 3 atom stereocenters. The van der Waals surface area contributed by atoms with Gasteiger partial charge in [0.1, 0.15) is 0 Å². The summed E-state index contributed by atoms with van der Waals surface area (Å²) < 4.78 is 1.88. The predicted octanol–water partition coefficient (Wildman–Crippen LogP) is 3.16. The fourth-order valence-electron chi connectivity index (χ4n) is 5.01. The maximum Gasteiger partial charge on any atom is 0.327 e. The van der Waals surface area contributed by atoms with E-state index < -0.39 is 0 Å². The fourth-order valence-corrected chi connectivity index (χ4v) is 5.63. The van der Waals surface area contributed by atoms with Crippen molar-refractivity contribution in [3.05, 3.63) is 75.5 Å². The molecule has 0 bridgehead atoms. The number of aromatic nitrogens is 4. The van der Waals surface area contributed by atoms with E-state index in [9.17, 15) is 4.79 Å². The van der Waals surface area contributed by atoms with Crippen LogP contribution in [0.5, 0.6) is 0 Å². The van der Waals surface area contributed by atoms with Gasteiger partial charge in [-0.25, -0.2) is 14.8 Å². The van der Waals surface area contributed by atoms with Crippen LogP contribution in [0.2, 0.25) is 0 Å². The third kappa shape index (κ3) is 3.08. The first-order valence-corrected chi connectivity index (χ1v) is 11.7. The Morgan fingerprint density at radius 3 is 3.06 bits per heavy atom. The molecule has 1 fully saturated rings. The van der Waals surface area contributed by atoms with Crippen molar-refractivity contribution in [1.82, 2.24) is 24.8 Å². The van der Waals surface area contributed by atoms with E-state index in [1.165, 1.54) is 16.8 Å². The van der Waals surface area contributed by atoms with E-state index in [4.69, 9.17) is 4.99 Å². The number of aliphatic imine (C=N–C) groups is 1. The average Bonchev–Trinajstić information content (AvgIpc) is 3.46. The molecule has 1 aliphatic carbocycles. The summed E-state index contributed by atoms with van der Waals surface area (Å²) in [5.41, 5.74) is 4.98. The van der Waals surface area contributed by atoms with Gasteiger partial charge < -0.3 is 5.32 Å². The zero-order chi connectivity index (χ0) is 21.7. The van der Waals surface area contributed by atoms with E-state index >= 15 is 0 Å². The number of pyridine rings is 1. The molecule has 2 N–H and O–H groups in total. The number of piperidine rings is 1. The van der Waals surface area contributed by atoms with Crippen LogP contribution in [0.1, 0.15) is 25.8 Å². The van der Waals surface area contributed by atoms with Gasteiger partial charge in [-0.15, -0.1) is 11.3 Å². The van der Waals surface area contributed by atoms with Crippen molar-refractivity contribution in [2.24, 2.45) is 4.99 Å². The van der Waals surface area contributed by atoms with Crippen LogP contribution in [0, 0.1) is 0 Å². The molecular formula is C23H23N7OS. The zero-order valence-corrected chi connectivity index (χ0v) is 18.4. The maximum absolute atomic E-state index is 12.8. The molecule has 8 nitrogen and oxygen atoms in total. The normalized spacial score (nSPS) is 25.3. The Balaban J connectivity index is 1.42. The number of hydrogen-bond acceptors (Lipinski definition) is 7. The van der Waals surface area contributed by atoms with Gasteiger partial charge in [-0.05, 0) is 44.0 Å². The van der Waals surface area contributed by atoms with E-state index in [1.54, 1.807) is 17.5 Å². The molecular weight excluding hydrogens is 422 g/mol. The molecule has 0 aromatic carbocycles. The Labute approximate surface area is 188 Å². The van der Waals surface area contributed by atoms with Crippen molar-refractivity contribution < 1.29 is 0 Å². The van der Waals surface area contributed by atoms with Gasteiger partial charge in [-0.3, -0.25) is 19.4 Å². The Hall–Kier alpha value is -3.30. The number of rotatable bonds is 3. The van der Waals surface area contributed by atoms with E-state index in [0.717, 1.165) is 30.0 Å². The molecule has 6 rings (SSSR count). The van der Waals surface area contributed by atoms with Crippen LogP contribution in [0.25, 0.3) is 11.2 Å². The number of hydrogen-bond donors (Lipinski definition) is 2. The van der Waals surface area contributed by atoms with E-state index in [1.807, 2.05) is 34.6 Å². The van der Waals surface area contributed by atoms with Crippen LogP contribution in [0.4, 0.5) is 5.13 Å². The number of H-pyrrole nitrogens is 1. The maximum atomic E-state index is 12.8. The van der Waals surface area contributed by atoms with Gasteiger partial charge in [-0.1, -0.05) is 18.2 Å². The number of imidazole rings is 1. The summed E-state index contributed by atoms with van der Waals surface area (Å²) in [6, 6.07) is 3.99. The molecule has 0 saturated carbocycles. The van der Waals surface area contributed by atoms with Gasteiger partial charge in [0.05, 0.1) is 23.9 Å². The minimum Gasteiger partial charge on any atom is -0.309 e. The number of fused-ring (bicyclic) bond motifs is 2. The van der Waals surface area contributed by atoms with Crippen LogP contribution >= 0.6 is 11.3 Å². The van der Waals surface area contributed by atoms with Crippen molar-refractivity contribution in [2.75, 3.05) is 11.4 Å². The van der Waals surface area contributed by atoms with E-state index in [0.29, 0.717) is 5.65 Å². The third-order valence-electron chi connectivity index (χ3n) is 6.43. The Bertz CT molecular complexity index is 1340. The monoisotopic (exact) mass is 445 g/mol. The molecule has 5 heterocycles. The minimum absolute atomic E-state index is 0.0217. The fraction of sp³-hybridized carbons (Fsp3) is 0.304. The van der Waals surface area contributed by atoms with Crippen molar-refractivity contribution in [3.63, 3.8) is 0 Å². The molecule has 2 aliphatic heterocycles. The summed E-state index contributed by atoms with van der Waals surface area (Å²) in [7, 11) is 0. The molecule has 3 aromatic rings. The van der Waals surface area contributed by atoms with Crippen molar-refractivity contribution in [2.45, 2.75) is 37.9 Å². The highest BCUT2D eigenvalue weighted by Gasteiger charge is 2.36. The van der Waals surface area contributed by atoms with Crippen LogP contribution < -0.4 is 15.9 Å². The third-order valence-corrected chi connectivity index (χ3v) is 7.20. The second-order valence-electron chi connectivity index (χ2n) is 8.32. The lowest BCUT2D eigenvalue weighted by Crippen LogP contribution is -2.48. The molecule has 1 saturated heterocycles. The molecule has 9 heteroatoms. The summed E-state index contributed by atoms with van der Waals surface area (Å²) in [5.74, 6) is 0. The molecule has 0 amide bonds. The van der Waals surface area contributed by atoms with Gasteiger partial charge in [0.25, 0.3) is 0 Å². The SMILES string of the molecule is CC1=CC=CC2=C(C3CC(n4c(=O)[nH]c5ncccc54)CCN3)N(c3nccs3)C=NC12. The van der Waals surface area contributed by atoms with E-state index in [2.05, 4.69) is 50.3 Å². The lowest BCUT2D eigenvalue weighted by atomic mass is 9.87. The van der Waals surface area contributed by atoms with Gasteiger partial charge >= 0.3 is 5.69 Å². The smallest absolute Gasteiger partial charge is 0.309 e. The molecule has 0 spiro atoms. The second kappa shape index (κ2) is 7.68. The Morgan fingerprint density at radius 1 is 1.25 bits per heavy atom. The minimum atomic E-state index is -0.0989. The number of nitrogens with zero attached hydrogens (tertiary/aromatic N) is 5. The number of anilines is 1. The first-order valence-electron chi connectivity index (χ1n) is 10.8. The summed E-state index contributed by atoms with van der Waals surface area (Å²) in [4.78, 5) is 31.5. The number of thiazole rings is 1. The lowest BCUT2D eigenvalue weighted by Gasteiger charge is -2.39. The van der Waals surface area contributed by atoms with Crippen LogP contribution in [-0.4, -0.2) is 44.5 Å². The summed E-state index contributed by atoms with van der Waals surface area (Å²) in [6.07, 6.45) is 13.5. The molecule has 3 aromatic heterocycles. The Kier molecular flexibility index (Phi) is 4.65. The zero-order valence-electron chi connectivity index (χ0n) is 17.6. The summed E-state index contributed by atoms with van der Waals surface area (Å²) in [6.45, 7) is 2.94. The number of nitrogens with one attached hydrogen (secondary N) is 2. The highest BCUT2D eigenvalue weighted by atomic mass is 32.1. The van der Waals surface area contributed by atoms with Crippen molar-refractivity contribution >= 4 is 34.0 Å². The van der Waals surface area contributed by atoms with Gasteiger partial charge in [0, 0.05) is 35.1 Å². The topological polar surface area (TPSA) is 91.2 Å². The largest absolute Gasteiger partial charge is 0.327 e. The number of allylic oxidation sites excluding steroid dienone is 2. The number of aromatic amines is 1. The van der Waals surface area contributed by atoms with Crippen LogP contribution in [0.15, 0.2) is 74.8 Å². The van der Waals surface area contributed by atoms with Crippen LogP contribution in [0.3, 0.4) is 0 Å². The van der Waals surface area contributed by atoms with Gasteiger partial charge in [-0.2, -0.15) is 0 Å². The van der Waals surface area contributed by atoms with Gasteiger partial charge in [0.15, 0.2) is 10.8 Å². The highest BCUT2D eigenvalue weighted by Crippen LogP contribution is 2.37. The van der Waals surface area contributed by atoms with Crippen molar-refractivity contribution in [3.8, 4) is 0 Å². The quantitative estimate of drug-likeness (QED) is 0.646.